The predicted molar refractivity (Wildman–Crippen MR) is 110 cm³/mol. The van der Waals surface area contributed by atoms with Crippen molar-refractivity contribution in [3.63, 3.8) is 0 Å². The van der Waals surface area contributed by atoms with Gasteiger partial charge in [-0.2, -0.15) is 0 Å². The highest BCUT2D eigenvalue weighted by Gasteiger charge is 2.45. The number of halogens is 1. The molecule has 2 aliphatic rings. The van der Waals surface area contributed by atoms with Crippen LogP contribution >= 0.6 is 31.0 Å². The van der Waals surface area contributed by atoms with E-state index in [4.69, 9.17) is 17.3 Å². The van der Waals surface area contributed by atoms with Crippen LogP contribution in [0.5, 0.6) is 0 Å². The van der Waals surface area contributed by atoms with E-state index in [0.717, 1.165) is 5.56 Å². The molecule has 1 heterocycles. The molecular formula is C18H18ClN2O4PS. The second kappa shape index (κ2) is 8.09. The molecule has 0 saturated carbocycles. The van der Waals surface area contributed by atoms with Crippen LogP contribution in [-0.4, -0.2) is 26.6 Å². The zero-order valence-corrected chi connectivity index (χ0v) is 16.5. The third-order valence-corrected chi connectivity index (χ3v) is 6.85. The molecule has 6 nitrogen and oxygen atoms in total. The Morgan fingerprint density at radius 3 is 2.70 bits per heavy atom. The van der Waals surface area contributed by atoms with Gasteiger partial charge in [0.2, 0.25) is 5.91 Å². The summed E-state index contributed by atoms with van der Waals surface area (Å²) in [6.07, 6.45) is 8.32. The molecule has 0 aromatic heterocycles. The first-order valence-electron chi connectivity index (χ1n) is 8.04. The summed E-state index contributed by atoms with van der Waals surface area (Å²) >= 11 is 7.45. The maximum atomic E-state index is 12.6. The number of amides is 1. The van der Waals surface area contributed by atoms with Crippen molar-refractivity contribution >= 4 is 48.6 Å². The molecule has 1 aliphatic heterocycles. The minimum atomic E-state index is -4.72. The molecule has 3 unspecified atom stereocenters. The van der Waals surface area contributed by atoms with E-state index >= 15 is 0 Å². The Bertz CT molecular complexity index is 904. The van der Waals surface area contributed by atoms with Gasteiger partial charge in [0, 0.05) is 28.1 Å². The van der Waals surface area contributed by atoms with Crippen LogP contribution in [0.1, 0.15) is 5.56 Å². The van der Waals surface area contributed by atoms with Gasteiger partial charge in [-0.15, -0.1) is 11.8 Å². The zero-order valence-electron chi connectivity index (χ0n) is 14.0. The van der Waals surface area contributed by atoms with Crippen LogP contribution in [0, 0.1) is 5.92 Å². The Balaban J connectivity index is 1.77. The first-order valence-corrected chi connectivity index (χ1v) is 11.0. The number of nitrogen functional groups attached to an aromatic ring is 1. The van der Waals surface area contributed by atoms with Gasteiger partial charge >= 0.3 is 7.60 Å². The number of nitrogens with one attached hydrogen (secondary N) is 1. The highest BCUT2D eigenvalue weighted by molar-refractivity contribution is 8.03. The minimum Gasteiger partial charge on any atom is -0.399 e. The molecule has 3 rings (SSSR count). The molecule has 27 heavy (non-hydrogen) atoms. The van der Waals surface area contributed by atoms with E-state index in [0.29, 0.717) is 16.3 Å². The Labute approximate surface area is 166 Å². The van der Waals surface area contributed by atoms with Crippen LogP contribution in [0.2, 0.25) is 0 Å². The number of rotatable bonds is 5. The number of anilines is 1. The molecule has 5 N–H and O–H groups in total. The summed E-state index contributed by atoms with van der Waals surface area (Å²) < 4.78 is 12.1. The third-order valence-electron chi connectivity index (χ3n) is 4.22. The minimum absolute atomic E-state index is 0.0188. The lowest BCUT2D eigenvalue weighted by molar-refractivity contribution is -0.119. The van der Waals surface area contributed by atoms with Gasteiger partial charge in [0.15, 0.2) is 5.66 Å². The monoisotopic (exact) mass is 424 g/mol. The van der Waals surface area contributed by atoms with Gasteiger partial charge < -0.3 is 20.8 Å². The quantitative estimate of drug-likeness (QED) is 0.426. The summed E-state index contributed by atoms with van der Waals surface area (Å²) in [5.74, 6) is -1.08. The van der Waals surface area contributed by atoms with Gasteiger partial charge in [-0.3, -0.25) is 9.36 Å². The van der Waals surface area contributed by atoms with E-state index < -0.39 is 19.2 Å². The Morgan fingerprint density at radius 1 is 1.33 bits per heavy atom. The maximum Gasteiger partial charge on any atom is 0.342 e. The van der Waals surface area contributed by atoms with Gasteiger partial charge in [-0.05, 0) is 40.8 Å². The number of benzene rings is 1. The number of carbonyl (C=O) groups excluding carboxylic acids is 1. The average molecular weight is 425 g/mol. The lowest BCUT2D eigenvalue weighted by Crippen LogP contribution is -2.35. The van der Waals surface area contributed by atoms with Crippen molar-refractivity contribution in [2.75, 3.05) is 5.73 Å². The third kappa shape index (κ3) is 4.75. The number of fused-ring (bicyclic) bond motifs is 1. The smallest absolute Gasteiger partial charge is 0.342 e. The van der Waals surface area contributed by atoms with Gasteiger partial charge in [-0.1, -0.05) is 35.9 Å². The molecule has 0 fully saturated rings. The van der Waals surface area contributed by atoms with Crippen LogP contribution in [-0.2, 0) is 9.36 Å². The molecule has 1 aliphatic carbocycles. The second-order valence-corrected chi connectivity index (χ2v) is 9.34. The summed E-state index contributed by atoms with van der Waals surface area (Å²) in [4.78, 5) is 32.2. The van der Waals surface area contributed by atoms with Gasteiger partial charge in [-0.25, -0.2) is 0 Å². The van der Waals surface area contributed by atoms with Gasteiger partial charge in [0.25, 0.3) is 0 Å². The van der Waals surface area contributed by atoms with E-state index in [-0.39, 0.29) is 11.2 Å². The lowest BCUT2D eigenvalue weighted by Gasteiger charge is -2.25. The summed E-state index contributed by atoms with van der Waals surface area (Å²) in [6.45, 7) is 0. The van der Waals surface area contributed by atoms with Crippen molar-refractivity contribution in [2.24, 2.45) is 5.92 Å². The Morgan fingerprint density at radius 2 is 2.04 bits per heavy atom. The molecule has 9 heteroatoms. The Kier molecular flexibility index (Phi) is 5.99. The summed E-state index contributed by atoms with van der Waals surface area (Å²) in [5.41, 5.74) is 5.83. The zero-order chi connectivity index (χ0) is 19.6. The van der Waals surface area contributed by atoms with E-state index in [1.165, 1.54) is 18.0 Å². The van der Waals surface area contributed by atoms with Crippen molar-refractivity contribution < 1.29 is 19.1 Å². The van der Waals surface area contributed by atoms with E-state index in [1.54, 1.807) is 47.9 Å². The fourth-order valence-corrected chi connectivity index (χ4v) is 5.44. The van der Waals surface area contributed by atoms with Crippen molar-refractivity contribution in [3.8, 4) is 0 Å². The highest BCUT2D eigenvalue weighted by atomic mass is 35.5. The van der Waals surface area contributed by atoms with E-state index in [2.05, 4.69) is 5.32 Å². The second-order valence-electron chi connectivity index (χ2n) is 6.16. The fraction of sp³-hybridized carbons (Fsp3) is 0.167. The molecule has 1 aromatic rings. The molecule has 0 radical (unpaired) electrons. The molecule has 1 amide bonds. The molecular weight excluding hydrogens is 407 g/mol. The van der Waals surface area contributed by atoms with Crippen LogP contribution in [0.25, 0.3) is 6.08 Å². The lowest BCUT2D eigenvalue weighted by atomic mass is 9.90. The number of nitrogens with two attached hydrogens (primary N) is 1. The summed E-state index contributed by atoms with van der Waals surface area (Å²) in [6, 6.07) is 6.96. The first kappa shape index (κ1) is 20.0. The number of thioether (sulfide) groups is 1. The molecule has 0 spiro atoms. The average Bonchev–Trinajstić information content (AvgIpc) is 2.98. The number of allylic oxidation sites excluding steroid dienone is 3. The number of carbonyl (C=O) groups is 1. The van der Waals surface area contributed by atoms with Gasteiger partial charge in [0.1, 0.15) is 0 Å². The van der Waals surface area contributed by atoms with Crippen LogP contribution in [0.3, 0.4) is 0 Å². The number of hydrogen-bond acceptors (Lipinski definition) is 4. The highest BCUT2D eigenvalue weighted by Crippen LogP contribution is 2.52. The molecule has 0 saturated heterocycles. The van der Waals surface area contributed by atoms with Crippen molar-refractivity contribution in [2.45, 2.75) is 10.9 Å². The largest absolute Gasteiger partial charge is 0.399 e. The van der Waals surface area contributed by atoms with Crippen molar-refractivity contribution in [3.05, 3.63) is 70.3 Å². The van der Waals surface area contributed by atoms with Crippen LogP contribution in [0.15, 0.2) is 64.7 Å². The number of hydrogen-bond donors (Lipinski definition) is 4. The summed E-state index contributed by atoms with van der Waals surface area (Å²) in [5, 5.41) is 4.59. The summed E-state index contributed by atoms with van der Waals surface area (Å²) in [7, 11) is -4.72. The van der Waals surface area contributed by atoms with E-state index in [9.17, 15) is 19.1 Å². The SMILES string of the molecule is Nc1ccc(/C=C/NC(=O)C(C2=CSC3C=CC(Cl)=CC23)P(=O)(O)O)cc1. The van der Waals surface area contributed by atoms with Gasteiger partial charge in [0.05, 0.1) is 0 Å². The molecule has 142 valence electrons. The van der Waals surface area contributed by atoms with Crippen molar-refractivity contribution in [1.29, 1.82) is 0 Å². The Hall–Kier alpha value is -1.76. The molecule has 1 aromatic carbocycles. The van der Waals surface area contributed by atoms with E-state index in [1.807, 2.05) is 6.08 Å². The molecule has 3 atom stereocenters. The molecule has 0 bridgehead atoms. The standard InChI is InChI=1S/C18H18ClN2O4PS/c19-12-3-6-16-14(9-12)15(10-27-16)17(26(23,24)25)18(22)21-8-7-11-1-4-13(20)5-2-11/h1-10,14,16-17H,20H2,(H,21,22)(H2,23,24,25)/b8-7+. The maximum absolute atomic E-state index is 12.6. The fourth-order valence-electron chi connectivity index (χ4n) is 2.93. The predicted octanol–water partition coefficient (Wildman–Crippen LogP) is 3.21. The van der Waals surface area contributed by atoms with Crippen LogP contribution < -0.4 is 11.1 Å². The topological polar surface area (TPSA) is 113 Å². The normalized spacial score (nSPS) is 22.9. The van der Waals surface area contributed by atoms with Crippen molar-refractivity contribution in [1.82, 2.24) is 5.32 Å². The van der Waals surface area contributed by atoms with Crippen LogP contribution in [0.4, 0.5) is 5.69 Å². The first-order chi connectivity index (χ1) is 12.8.